The van der Waals surface area contributed by atoms with Gasteiger partial charge in [0, 0.05) is 42.9 Å². The average molecular weight is 429 g/mol. The number of carbonyl (C=O) groups is 2. The van der Waals surface area contributed by atoms with Gasteiger partial charge in [0.1, 0.15) is 5.15 Å². The van der Waals surface area contributed by atoms with Crippen molar-refractivity contribution in [3.8, 4) is 0 Å². The molecular weight excluding hydrogens is 400 g/mol. The van der Waals surface area contributed by atoms with E-state index in [2.05, 4.69) is 17.3 Å². The van der Waals surface area contributed by atoms with Crippen LogP contribution >= 0.6 is 11.6 Å². The van der Waals surface area contributed by atoms with Gasteiger partial charge in [-0.05, 0) is 44.4 Å². The standard InChI is InChI=1S/C23H29ClN4O2/c1-3-4-14-28-22(24)20(17(2)26-28)10-11-21(29)27-15-12-19(13-16-27)25-23(30)18-8-6-5-7-9-18/h5-11,19H,3-4,12-16H2,1-2H3,(H,25,30)/b11-10+. The van der Waals surface area contributed by atoms with Gasteiger partial charge in [0.05, 0.1) is 5.69 Å². The molecule has 1 fully saturated rings. The molecule has 160 valence electrons. The molecule has 1 N–H and O–H groups in total. The Morgan fingerprint density at radius 2 is 1.93 bits per heavy atom. The highest BCUT2D eigenvalue weighted by atomic mass is 35.5. The van der Waals surface area contributed by atoms with Crippen LogP contribution in [0.15, 0.2) is 36.4 Å². The van der Waals surface area contributed by atoms with Crippen LogP contribution < -0.4 is 5.32 Å². The zero-order valence-electron chi connectivity index (χ0n) is 17.6. The van der Waals surface area contributed by atoms with Crippen LogP contribution in [0.2, 0.25) is 5.15 Å². The molecular formula is C23H29ClN4O2. The van der Waals surface area contributed by atoms with Gasteiger partial charge in [-0.25, -0.2) is 0 Å². The van der Waals surface area contributed by atoms with E-state index in [1.807, 2.05) is 30.0 Å². The first kappa shape index (κ1) is 22.1. The van der Waals surface area contributed by atoms with Crippen molar-refractivity contribution in [1.29, 1.82) is 0 Å². The fourth-order valence-electron chi connectivity index (χ4n) is 3.58. The Balaban J connectivity index is 1.52. The molecule has 0 atom stereocenters. The number of aromatic nitrogens is 2. The summed E-state index contributed by atoms with van der Waals surface area (Å²) in [6, 6.07) is 9.28. The van der Waals surface area contributed by atoms with Crippen molar-refractivity contribution in [3.63, 3.8) is 0 Å². The van der Waals surface area contributed by atoms with Gasteiger partial charge in [-0.1, -0.05) is 43.1 Å². The fourth-order valence-corrected chi connectivity index (χ4v) is 3.90. The van der Waals surface area contributed by atoms with Crippen LogP contribution in [0.5, 0.6) is 0 Å². The van der Waals surface area contributed by atoms with Crippen molar-refractivity contribution < 1.29 is 9.59 Å². The number of rotatable bonds is 7. The highest BCUT2D eigenvalue weighted by Crippen LogP contribution is 2.22. The maximum Gasteiger partial charge on any atom is 0.251 e. The van der Waals surface area contributed by atoms with E-state index in [4.69, 9.17) is 11.6 Å². The van der Waals surface area contributed by atoms with Crippen molar-refractivity contribution in [3.05, 3.63) is 58.4 Å². The SMILES string of the molecule is CCCCn1nc(C)c(/C=C/C(=O)N2CCC(NC(=O)c3ccccc3)CC2)c1Cl. The highest BCUT2D eigenvalue weighted by Gasteiger charge is 2.23. The van der Waals surface area contributed by atoms with Crippen molar-refractivity contribution in [2.24, 2.45) is 0 Å². The van der Waals surface area contributed by atoms with Gasteiger partial charge in [0.2, 0.25) is 5.91 Å². The summed E-state index contributed by atoms with van der Waals surface area (Å²) in [7, 11) is 0. The molecule has 0 saturated carbocycles. The molecule has 7 heteroatoms. The summed E-state index contributed by atoms with van der Waals surface area (Å²) < 4.78 is 1.80. The number of likely N-dealkylation sites (tertiary alicyclic amines) is 1. The van der Waals surface area contributed by atoms with Gasteiger partial charge in [0.15, 0.2) is 0 Å². The molecule has 1 aliphatic heterocycles. The maximum absolute atomic E-state index is 12.6. The summed E-state index contributed by atoms with van der Waals surface area (Å²) in [5.41, 5.74) is 2.28. The second-order valence-corrected chi connectivity index (χ2v) is 8.00. The van der Waals surface area contributed by atoms with Crippen LogP contribution in [0.3, 0.4) is 0 Å². The summed E-state index contributed by atoms with van der Waals surface area (Å²) in [5, 5.41) is 8.11. The molecule has 0 aliphatic carbocycles. The predicted octanol–water partition coefficient (Wildman–Crippen LogP) is 4.08. The summed E-state index contributed by atoms with van der Waals surface area (Å²) in [5.74, 6) is -0.106. The van der Waals surface area contributed by atoms with Crippen LogP contribution in [0.25, 0.3) is 6.08 Å². The Hall–Kier alpha value is -2.60. The van der Waals surface area contributed by atoms with E-state index in [9.17, 15) is 9.59 Å². The van der Waals surface area contributed by atoms with Gasteiger partial charge >= 0.3 is 0 Å². The van der Waals surface area contributed by atoms with Crippen molar-refractivity contribution in [2.75, 3.05) is 13.1 Å². The van der Waals surface area contributed by atoms with Crippen LogP contribution in [0.1, 0.15) is 54.2 Å². The lowest BCUT2D eigenvalue weighted by Crippen LogP contribution is -2.46. The minimum absolute atomic E-state index is 0.0420. The lowest BCUT2D eigenvalue weighted by atomic mass is 10.0. The zero-order valence-corrected chi connectivity index (χ0v) is 18.4. The highest BCUT2D eigenvalue weighted by molar-refractivity contribution is 6.31. The Kier molecular flexibility index (Phi) is 7.69. The third kappa shape index (κ3) is 5.51. The Bertz CT molecular complexity index is 899. The monoisotopic (exact) mass is 428 g/mol. The Labute approximate surface area is 182 Å². The molecule has 1 aliphatic rings. The normalized spacial score (nSPS) is 15.0. The minimum Gasteiger partial charge on any atom is -0.349 e. The van der Waals surface area contributed by atoms with E-state index in [0.29, 0.717) is 23.8 Å². The first-order valence-electron chi connectivity index (χ1n) is 10.6. The van der Waals surface area contributed by atoms with Gasteiger partial charge in [-0.2, -0.15) is 5.10 Å². The molecule has 2 heterocycles. The third-order valence-corrected chi connectivity index (χ3v) is 5.80. The van der Waals surface area contributed by atoms with E-state index < -0.39 is 0 Å². The minimum atomic E-state index is -0.0644. The van der Waals surface area contributed by atoms with Crippen LogP contribution in [-0.4, -0.2) is 45.6 Å². The average Bonchev–Trinajstić information content (AvgIpc) is 3.04. The molecule has 2 amide bonds. The molecule has 0 unspecified atom stereocenters. The number of hydrogen-bond donors (Lipinski definition) is 1. The molecule has 1 saturated heterocycles. The number of benzene rings is 1. The summed E-state index contributed by atoms with van der Waals surface area (Å²) >= 11 is 6.44. The van der Waals surface area contributed by atoms with Gasteiger partial charge < -0.3 is 10.2 Å². The summed E-state index contributed by atoms with van der Waals surface area (Å²) in [6.07, 6.45) is 6.90. The molecule has 0 bridgehead atoms. The quantitative estimate of drug-likeness (QED) is 0.675. The Morgan fingerprint density at radius 3 is 2.60 bits per heavy atom. The third-order valence-electron chi connectivity index (χ3n) is 5.40. The molecule has 1 aromatic heterocycles. The maximum atomic E-state index is 12.6. The number of halogens is 1. The van der Waals surface area contributed by atoms with Gasteiger partial charge in [-0.15, -0.1) is 0 Å². The van der Waals surface area contributed by atoms with Crippen LogP contribution in [-0.2, 0) is 11.3 Å². The topological polar surface area (TPSA) is 67.2 Å². The second-order valence-electron chi connectivity index (χ2n) is 7.64. The number of carbonyl (C=O) groups excluding carboxylic acids is 2. The molecule has 1 aromatic carbocycles. The van der Waals surface area contributed by atoms with Gasteiger partial charge in [-0.3, -0.25) is 14.3 Å². The molecule has 3 rings (SSSR count). The first-order valence-corrected chi connectivity index (χ1v) is 10.9. The van der Waals surface area contributed by atoms with E-state index in [0.717, 1.165) is 43.5 Å². The number of unbranched alkanes of at least 4 members (excludes halogenated alkanes) is 1. The molecule has 30 heavy (non-hydrogen) atoms. The zero-order chi connectivity index (χ0) is 21.5. The van der Waals surface area contributed by atoms with Crippen molar-refractivity contribution in [2.45, 2.75) is 52.1 Å². The van der Waals surface area contributed by atoms with Crippen molar-refractivity contribution >= 4 is 29.5 Å². The van der Waals surface area contributed by atoms with Crippen molar-refractivity contribution in [1.82, 2.24) is 20.0 Å². The molecule has 0 radical (unpaired) electrons. The van der Waals surface area contributed by atoms with Gasteiger partial charge in [0.25, 0.3) is 5.91 Å². The van der Waals surface area contributed by atoms with E-state index in [1.54, 1.807) is 29.0 Å². The fraction of sp³-hybridized carbons (Fsp3) is 0.435. The van der Waals surface area contributed by atoms with E-state index in [1.165, 1.54) is 0 Å². The van der Waals surface area contributed by atoms with Crippen LogP contribution in [0.4, 0.5) is 0 Å². The number of nitrogens with one attached hydrogen (secondary N) is 1. The summed E-state index contributed by atoms with van der Waals surface area (Å²) in [4.78, 5) is 26.7. The predicted molar refractivity (Wildman–Crippen MR) is 119 cm³/mol. The second kappa shape index (κ2) is 10.4. The lowest BCUT2D eigenvalue weighted by Gasteiger charge is -2.31. The summed E-state index contributed by atoms with van der Waals surface area (Å²) in [6.45, 7) is 6.04. The number of nitrogens with zero attached hydrogens (tertiary/aromatic N) is 3. The molecule has 6 nitrogen and oxygen atoms in total. The van der Waals surface area contributed by atoms with E-state index >= 15 is 0 Å². The largest absolute Gasteiger partial charge is 0.349 e. The molecule has 0 spiro atoms. The smallest absolute Gasteiger partial charge is 0.251 e. The first-order chi connectivity index (χ1) is 14.5. The number of piperidine rings is 1. The Morgan fingerprint density at radius 1 is 1.23 bits per heavy atom. The number of amides is 2. The number of hydrogen-bond acceptors (Lipinski definition) is 3. The van der Waals surface area contributed by atoms with Crippen LogP contribution in [0, 0.1) is 6.92 Å². The number of aryl methyl sites for hydroxylation is 2. The lowest BCUT2D eigenvalue weighted by molar-refractivity contribution is -0.126. The molecule has 2 aromatic rings. The van der Waals surface area contributed by atoms with E-state index in [-0.39, 0.29) is 17.9 Å².